The number of ether oxygens (including phenoxy) is 2. The van der Waals surface area contributed by atoms with Crippen molar-refractivity contribution in [2.45, 2.75) is 13.0 Å². The molecule has 0 spiro atoms. The molecule has 0 fully saturated rings. The second-order valence-electron chi connectivity index (χ2n) is 4.87. The molecule has 0 heterocycles. The Kier molecular flexibility index (Phi) is 6.37. The van der Waals surface area contributed by atoms with Gasteiger partial charge in [0.05, 0.1) is 19.2 Å². The smallest absolute Gasteiger partial charge is 0.179 e. The van der Waals surface area contributed by atoms with Crippen molar-refractivity contribution in [3.63, 3.8) is 0 Å². The molecule has 22 heavy (non-hydrogen) atoms. The SMILES string of the molecule is COc1cc(CNCCc2ccc(Cl)cc2)cc(Cl)c1OC. The highest BCUT2D eigenvalue weighted by Crippen LogP contribution is 2.35. The summed E-state index contributed by atoms with van der Waals surface area (Å²) in [7, 11) is 3.18. The summed E-state index contributed by atoms with van der Waals surface area (Å²) in [6, 6.07) is 11.7. The van der Waals surface area contributed by atoms with E-state index >= 15 is 0 Å². The molecule has 2 aromatic carbocycles. The molecule has 0 bridgehead atoms. The molecule has 5 heteroatoms. The van der Waals surface area contributed by atoms with Gasteiger partial charge in [-0.2, -0.15) is 0 Å². The van der Waals surface area contributed by atoms with Gasteiger partial charge in [-0.05, 0) is 48.4 Å². The van der Waals surface area contributed by atoms with Crippen LogP contribution in [0.1, 0.15) is 11.1 Å². The third kappa shape index (κ3) is 4.54. The third-order valence-corrected chi connectivity index (χ3v) is 3.86. The van der Waals surface area contributed by atoms with E-state index in [0.717, 1.165) is 23.6 Å². The highest BCUT2D eigenvalue weighted by molar-refractivity contribution is 6.32. The quantitative estimate of drug-likeness (QED) is 0.761. The molecule has 1 N–H and O–H groups in total. The van der Waals surface area contributed by atoms with Gasteiger partial charge in [-0.1, -0.05) is 35.3 Å². The molecule has 0 aliphatic heterocycles. The fourth-order valence-corrected chi connectivity index (χ4v) is 2.63. The van der Waals surface area contributed by atoms with Crippen molar-refractivity contribution < 1.29 is 9.47 Å². The van der Waals surface area contributed by atoms with Crippen LogP contribution in [-0.2, 0) is 13.0 Å². The van der Waals surface area contributed by atoms with Gasteiger partial charge in [0.2, 0.25) is 0 Å². The van der Waals surface area contributed by atoms with Crippen LogP contribution in [-0.4, -0.2) is 20.8 Å². The Balaban J connectivity index is 1.89. The van der Waals surface area contributed by atoms with Crippen LogP contribution in [0.5, 0.6) is 11.5 Å². The Labute approximate surface area is 141 Å². The zero-order valence-corrected chi connectivity index (χ0v) is 14.2. The van der Waals surface area contributed by atoms with E-state index in [2.05, 4.69) is 5.32 Å². The minimum absolute atomic E-state index is 0.552. The molecular weight excluding hydrogens is 321 g/mol. The third-order valence-electron chi connectivity index (χ3n) is 3.33. The van der Waals surface area contributed by atoms with Gasteiger partial charge < -0.3 is 14.8 Å². The predicted octanol–water partition coefficient (Wildman–Crippen LogP) is 4.34. The fourth-order valence-electron chi connectivity index (χ4n) is 2.19. The number of nitrogens with one attached hydrogen (secondary N) is 1. The Morgan fingerprint density at radius 1 is 0.955 bits per heavy atom. The topological polar surface area (TPSA) is 30.5 Å². The Morgan fingerprint density at radius 2 is 1.68 bits per heavy atom. The van der Waals surface area contributed by atoms with Crippen LogP contribution in [0.25, 0.3) is 0 Å². The second-order valence-corrected chi connectivity index (χ2v) is 5.71. The van der Waals surface area contributed by atoms with Crippen LogP contribution < -0.4 is 14.8 Å². The molecule has 0 saturated carbocycles. The van der Waals surface area contributed by atoms with Gasteiger partial charge in [0.1, 0.15) is 0 Å². The molecule has 0 unspecified atom stereocenters. The van der Waals surface area contributed by atoms with Crippen molar-refractivity contribution in [1.29, 1.82) is 0 Å². The number of halogens is 2. The van der Waals surface area contributed by atoms with Gasteiger partial charge >= 0.3 is 0 Å². The van der Waals surface area contributed by atoms with E-state index in [1.807, 2.05) is 36.4 Å². The largest absolute Gasteiger partial charge is 0.493 e. The summed E-state index contributed by atoms with van der Waals surface area (Å²) in [5, 5.41) is 4.71. The molecule has 0 radical (unpaired) electrons. The lowest BCUT2D eigenvalue weighted by Crippen LogP contribution is -2.16. The maximum absolute atomic E-state index is 6.19. The molecular formula is C17H19Cl2NO2. The van der Waals surface area contributed by atoms with E-state index in [4.69, 9.17) is 32.7 Å². The van der Waals surface area contributed by atoms with Gasteiger partial charge in [0.15, 0.2) is 11.5 Å². The highest BCUT2D eigenvalue weighted by Gasteiger charge is 2.10. The maximum Gasteiger partial charge on any atom is 0.179 e. The van der Waals surface area contributed by atoms with Crippen molar-refractivity contribution in [1.82, 2.24) is 5.32 Å². The Hall–Kier alpha value is -1.42. The first-order chi connectivity index (χ1) is 10.6. The molecule has 0 aliphatic carbocycles. The molecule has 0 amide bonds. The van der Waals surface area contributed by atoms with Crippen LogP contribution in [0.4, 0.5) is 0 Å². The van der Waals surface area contributed by atoms with Gasteiger partial charge in [0, 0.05) is 11.6 Å². The predicted molar refractivity (Wildman–Crippen MR) is 91.4 cm³/mol. The lowest BCUT2D eigenvalue weighted by atomic mass is 10.1. The van der Waals surface area contributed by atoms with Crippen LogP contribution >= 0.6 is 23.2 Å². The van der Waals surface area contributed by atoms with Gasteiger partial charge in [0.25, 0.3) is 0 Å². The van der Waals surface area contributed by atoms with E-state index in [1.54, 1.807) is 14.2 Å². The molecule has 118 valence electrons. The second kappa shape index (κ2) is 8.28. The molecule has 0 aliphatic rings. The van der Waals surface area contributed by atoms with Crippen molar-refractivity contribution >= 4 is 23.2 Å². The number of rotatable bonds is 7. The van der Waals surface area contributed by atoms with Gasteiger partial charge in [-0.25, -0.2) is 0 Å². The number of benzene rings is 2. The van der Waals surface area contributed by atoms with Gasteiger partial charge in [-0.3, -0.25) is 0 Å². The zero-order chi connectivity index (χ0) is 15.9. The normalized spacial score (nSPS) is 10.5. The maximum atomic E-state index is 6.19. The van der Waals surface area contributed by atoms with E-state index in [0.29, 0.717) is 23.1 Å². The van der Waals surface area contributed by atoms with E-state index < -0.39 is 0 Å². The molecule has 0 atom stereocenters. The summed E-state index contributed by atoms with van der Waals surface area (Å²) in [5.74, 6) is 1.21. The first-order valence-electron chi connectivity index (χ1n) is 6.99. The summed E-state index contributed by atoms with van der Waals surface area (Å²) in [4.78, 5) is 0. The molecule has 0 saturated heterocycles. The minimum Gasteiger partial charge on any atom is -0.493 e. The Bertz CT molecular complexity index is 615. The van der Waals surface area contributed by atoms with Crippen molar-refractivity contribution in [2.75, 3.05) is 20.8 Å². The zero-order valence-electron chi connectivity index (χ0n) is 12.7. The molecule has 2 rings (SSSR count). The van der Waals surface area contributed by atoms with Crippen molar-refractivity contribution in [3.8, 4) is 11.5 Å². The monoisotopic (exact) mass is 339 g/mol. The summed E-state index contributed by atoms with van der Waals surface area (Å²) >= 11 is 12.1. The van der Waals surface area contributed by atoms with E-state index in [1.165, 1.54) is 5.56 Å². The summed E-state index contributed by atoms with van der Waals surface area (Å²) in [5.41, 5.74) is 2.31. The number of hydrogen-bond donors (Lipinski definition) is 1. The van der Waals surface area contributed by atoms with Crippen molar-refractivity contribution in [2.24, 2.45) is 0 Å². The number of methoxy groups -OCH3 is 2. The van der Waals surface area contributed by atoms with Crippen molar-refractivity contribution in [3.05, 3.63) is 57.6 Å². The first-order valence-corrected chi connectivity index (χ1v) is 7.75. The summed E-state index contributed by atoms with van der Waals surface area (Å²) in [6.07, 6.45) is 0.943. The van der Waals surface area contributed by atoms with Crippen LogP contribution in [0.3, 0.4) is 0 Å². The van der Waals surface area contributed by atoms with E-state index in [-0.39, 0.29) is 0 Å². The first kappa shape index (κ1) is 16.9. The van der Waals surface area contributed by atoms with Gasteiger partial charge in [-0.15, -0.1) is 0 Å². The summed E-state index contributed by atoms with van der Waals surface area (Å²) < 4.78 is 10.5. The standard InChI is InChI=1S/C17H19Cl2NO2/c1-21-16-10-13(9-15(19)17(16)22-2)11-20-8-7-12-3-5-14(18)6-4-12/h3-6,9-10,20H,7-8,11H2,1-2H3. The lowest BCUT2D eigenvalue weighted by Gasteiger charge is -2.12. The molecule has 0 aromatic heterocycles. The average Bonchev–Trinajstić information content (AvgIpc) is 2.52. The van der Waals surface area contributed by atoms with Crippen LogP contribution in [0.15, 0.2) is 36.4 Å². The highest BCUT2D eigenvalue weighted by atomic mass is 35.5. The Morgan fingerprint density at radius 3 is 2.32 bits per heavy atom. The summed E-state index contributed by atoms with van der Waals surface area (Å²) in [6.45, 7) is 1.58. The molecule has 3 nitrogen and oxygen atoms in total. The average molecular weight is 340 g/mol. The lowest BCUT2D eigenvalue weighted by molar-refractivity contribution is 0.354. The minimum atomic E-state index is 0.552. The molecule has 2 aromatic rings. The number of hydrogen-bond acceptors (Lipinski definition) is 3. The van der Waals surface area contributed by atoms with Crippen LogP contribution in [0, 0.1) is 0 Å². The van der Waals surface area contributed by atoms with E-state index in [9.17, 15) is 0 Å². The fraction of sp³-hybridized carbons (Fsp3) is 0.294. The van der Waals surface area contributed by atoms with Crippen LogP contribution in [0.2, 0.25) is 10.0 Å².